The predicted octanol–water partition coefficient (Wildman–Crippen LogP) is 10.3. The highest BCUT2D eigenvalue weighted by Crippen LogP contribution is 2.44. The lowest BCUT2D eigenvalue weighted by Gasteiger charge is -2.27. The number of fused-ring (bicyclic) bond motifs is 5. The maximum absolute atomic E-state index is 2.37. The third-order valence-corrected chi connectivity index (χ3v) is 8.00. The fourth-order valence-electron chi connectivity index (χ4n) is 5.20. The van der Waals surface area contributed by atoms with E-state index in [1.54, 1.807) is 0 Å². The zero-order valence-electron chi connectivity index (χ0n) is 19.6. The molecule has 0 N–H and O–H groups in total. The van der Waals surface area contributed by atoms with E-state index in [1.165, 1.54) is 47.8 Å². The second kappa shape index (κ2) is 8.67. The van der Waals surface area contributed by atoms with E-state index in [0.717, 1.165) is 11.4 Å². The summed E-state index contributed by atoms with van der Waals surface area (Å²) >= 11 is 1.87. The van der Waals surface area contributed by atoms with Crippen LogP contribution in [0.15, 0.2) is 140 Å². The molecule has 0 radical (unpaired) electrons. The summed E-state index contributed by atoms with van der Waals surface area (Å²) in [6.07, 6.45) is 0. The highest BCUT2D eigenvalue weighted by atomic mass is 32.1. The Morgan fingerprint density at radius 1 is 0.389 bits per heavy atom. The van der Waals surface area contributed by atoms with Crippen LogP contribution in [0.25, 0.3) is 42.1 Å². The van der Waals surface area contributed by atoms with Gasteiger partial charge in [-0.2, -0.15) is 0 Å². The van der Waals surface area contributed by atoms with E-state index in [9.17, 15) is 0 Å². The molecule has 0 bridgehead atoms. The van der Waals surface area contributed by atoms with Crippen LogP contribution in [-0.2, 0) is 0 Å². The highest BCUT2D eigenvalue weighted by Gasteiger charge is 2.17. The Kier molecular flexibility index (Phi) is 5.04. The monoisotopic (exact) mass is 477 g/mol. The molecule has 0 aliphatic heterocycles. The summed E-state index contributed by atoms with van der Waals surface area (Å²) in [5.41, 5.74) is 5.92. The van der Waals surface area contributed by atoms with Gasteiger partial charge < -0.3 is 4.90 Å². The molecule has 6 aromatic carbocycles. The molecule has 1 heterocycles. The molecule has 0 aliphatic carbocycles. The lowest BCUT2D eigenvalue weighted by atomic mass is 10.0. The number of rotatable bonds is 4. The number of para-hydroxylation sites is 1. The van der Waals surface area contributed by atoms with Gasteiger partial charge in [-0.1, -0.05) is 97.1 Å². The Morgan fingerprint density at radius 3 is 1.83 bits per heavy atom. The second-order valence-electron chi connectivity index (χ2n) is 8.99. The van der Waals surface area contributed by atoms with Gasteiger partial charge in [-0.05, 0) is 59.0 Å². The number of anilines is 3. The summed E-state index contributed by atoms with van der Waals surface area (Å²) < 4.78 is 2.67. The molecule has 0 unspecified atom stereocenters. The Balaban J connectivity index is 1.45. The molecule has 170 valence electrons. The van der Waals surface area contributed by atoms with E-state index in [-0.39, 0.29) is 0 Å². The molecule has 0 amide bonds. The lowest BCUT2D eigenvalue weighted by molar-refractivity contribution is 1.30. The minimum atomic E-state index is 1.14. The van der Waals surface area contributed by atoms with Gasteiger partial charge in [-0.25, -0.2) is 0 Å². The van der Waals surface area contributed by atoms with Crippen LogP contribution in [0.4, 0.5) is 17.1 Å². The zero-order chi connectivity index (χ0) is 23.9. The first kappa shape index (κ1) is 20.9. The Labute approximate surface area is 214 Å². The summed E-state index contributed by atoms with van der Waals surface area (Å²) in [6.45, 7) is 0. The molecule has 7 aromatic rings. The van der Waals surface area contributed by atoms with Crippen LogP contribution >= 0.6 is 11.3 Å². The number of thiophene rings is 1. The van der Waals surface area contributed by atoms with Gasteiger partial charge in [0.2, 0.25) is 0 Å². The first-order chi connectivity index (χ1) is 17.9. The molecule has 1 aromatic heterocycles. The Morgan fingerprint density at radius 2 is 1.03 bits per heavy atom. The normalized spacial score (nSPS) is 11.3. The molecule has 1 nitrogen and oxygen atoms in total. The van der Waals surface area contributed by atoms with Crippen molar-refractivity contribution in [2.75, 3.05) is 4.90 Å². The summed E-state index contributed by atoms with van der Waals surface area (Å²) in [7, 11) is 0. The number of hydrogen-bond donors (Lipinski definition) is 0. The van der Waals surface area contributed by atoms with Crippen LogP contribution in [0.1, 0.15) is 0 Å². The third-order valence-electron chi connectivity index (χ3n) is 6.86. The highest BCUT2D eigenvalue weighted by molar-refractivity contribution is 7.26. The molecule has 36 heavy (non-hydrogen) atoms. The SMILES string of the molecule is c1ccc(-c2ccc(N(c3ccccc3)c3cccc4c3ccc3sc5ccccc5c34)cc2)cc1. The molecular weight excluding hydrogens is 454 g/mol. The van der Waals surface area contributed by atoms with Crippen molar-refractivity contribution in [3.05, 3.63) is 140 Å². The first-order valence-electron chi connectivity index (χ1n) is 12.2. The molecule has 7 rings (SSSR count). The van der Waals surface area contributed by atoms with Crippen molar-refractivity contribution >= 4 is 59.3 Å². The average Bonchev–Trinajstić information content (AvgIpc) is 3.34. The lowest BCUT2D eigenvalue weighted by Crippen LogP contribution is -2.10. The van der Waals surface area contributed by atoms with Crippen molar-refractivity contribution in [3.63, 3.8) is 0 Å². The molecule has 0 saturated heterocycles. The number of benzene rings is 6. The third kappa shape index (κ3) is 3.46. The molecule has 0 atom stereocenters. The van der Waals surface area contributed by atoms with Crippen LogP contribution in [0.2, 0.25) is 0 Å². The van der Waals surface area contributed by atoms with E-state index in [2.05, 4.69) is 144 Å². The van der Waals surface area contributed by atoms with E-state index in [0.29, 0.717) is 0 Å². The minimum Gasteiger partial charge on any atom is -0.310 e. The molecule has 0 aliphatic rings. The maximum Gasteiger partial charge on any atom is 0.0540 e. The first-order valence-corrected chi connectivity index (χ1v) is 13.0. The van der Waals surface area contributed by atoms with Crippen LogP contribution in [-0.4, -0.2) is 0 Å². The quantitative estimate of drug-likeness (QED) is 0.244. The minimum absolute atomic E-state index is 1.14. The summed E-state index contributed by atoms with van der Waals surface area (Å²) in [4.78, 5) is 2.37. The van der Waals surface area contributed by atoms with E-state index in [4.69, 9.17) is 0 Å². The zero-order valence-corrected chi connectivity index (χ0v) is 20.5. The Bertz CT molecular complexity index is 1820. The van der Waals surface area contributed by atoms with E-state index < -0.39 is 0 Å². The van der Waals surface area contributed by atoms with Crippen LogP contribution in [0, 0.1) is 0 Å². The average molecular weight is 478 g/mol. The standard InChI is InChI=1S/C34H23NS/c1-3-10-24(11-4-1)25-18-20-27(21-19-25)35(26-12-5-2-6-13-26)31-16-9-15-29-28(31)22-23-33-34(29)30-14-7-8-17-32(30)36-33/h1-23H. The van der Waals surface area contributed by atoms with Crippen LogP contribution < -0.4 is 4.90 Å². The molecule has 0 saturated carbocycles. The topological polar surface area (TPSA) is 3.24 Å². The van der Waals surface area contributed by atoms with Crippen LogP contribution in [0.5, 0.6) is 0 Å². The van der Waals surface area contributed by atoms with Gasteiger partial charge in [0.15, 0.2) is 0 Å². The van der Waals surface area contributed by atoms with E-state index >= 15 is 0 Å². The Hall–Kier alpha value is -4.40. The largest absolute Gasteiger partial charge is 0.310 e. The fourth-order valence-corrected chi connectivity index (χ4v) is 6.32. The van der Waals surface area contributed by atoms with Gasteiger partial charge in [-0.15, -0.1) is 11.3 Å². The van der Waals surface area contributed by atoms with Crippen LogP contribution in [0.3, 0.4) is 0 Å². The molecule has 0 spiro atoms. The van der Waals surface area contributed by atoms with Crippen molar-refractivity contribution in [3.8, 4) is 11.1 Å². The van der Waals surface area contributed by atoms with Crippen molar-refractivity contribution in [1.29, 1.82) is 0 Å². The smallest absolute Gasteiger partial charge is 0.0540 e. The number of nitrogens with zero attached hydrogens (tertiary/aromatic N) is 1. The predicted molar refractivity (Wildman–Crippen MR) is 157 cm³/mol. The molecular formula is C34H23NS. The summed E-state index contributed by atoms with van der Waals surface area (Å²) in [5, 5.41) is 5.23. The van der Waals surface area contributed by atoms with Gasteiger partial charge in [0.1, 0.15) is 0 Å². The van der Waals surface area contributed by atoms with E-state index in [1.807, 2.05) is 11.3 Å². The van der Waals surface area contributed by atoms with Gasteiger partial charge in [0, 0.05) is 36.9 Å². The van der Waals surface area contributed by atoms with Crippen molar-refractivity contribution in [2.24, 2.45) is 0 Å². The summed E-state index contributed by atoms with van der Waals surface area (Å²) in [5.74, 6) is 0. The van der Waals surface area contributed by atoms with Gasteiger partial charge in [0.05, 0.1) is 5.69 Å². The molecule has 2 heteroatoms. The summed E-state index contributed by atoms with van der Waals surface area (Å²) in [6, 6.07) is 50.1. The molecule has 0 fully saturated rings. The van der Waals surface area contributed by atoms with Crippen molar-refractivity contribution in [2.45, 2.75) is 0 Å². The van der Waals surface area contributed by atoms with Gasteiger partial charge in [0.25, 0.3) is 0 Å². The maximum atomic E-state index is 2.37. The van der Waals surface area contributed by atoms with Crippen molar-refractivity contribution < 1.29 is 0 Å². The second-order valence-corrected chi connectivity index (χ2v) is 10.1. The number of hydrogen-bond acceptors (Lipinski definition) is 2. The fraction of sp³-hybridized carbons (Fsp3) is 0. The van der Waals surface area contributed by atoms with Gasteiger partial charge in [-0.3, -0.25) is 0 Å². The van der Waals surface area contributed by atoms with Gasteiger partial charge >= 0.3 is 0 Å². The van der Waals surface area contributed by atoms with Crippen molar-refractivity contribution in [1.82, 2.24) is 0 Å².